The highest BCUT2D eigenvalue weighted by atomic mass is 16.6. The molecule has 0 spiro atoms. The van der Waals surface area contributed by atoms with Gasteiger partial charge in [0.25, 0.3) is 0 Å². The van der Waals surface area contributed by atoms with Crippen LogP contribution in [0.1, 0.15) is 5.56 Å². The standard InChI is InChI=1S/C12H12O4/c13-12(14)5-4-9-2-1-3-10(6-9)15-7-11-8-16-11/h1-6,11H,7-8H2,(H,13,14). The highest BCUT2D eigenvalue weighted by molar-refractivity contribution is 5.85. The fraction of sp³-hybridized carbons (Fsp3) is 0.250. The Bertz CT molecular complexity index is 407. The van der Waals surface area contributed by atoms with Crippen LogP contribution in [0.25, 0.3) is 6.08 Å². The van der Waals surface area contributed by atoms with E-state index in [9.17, 15) is 4.79 Å². The van der Waals surface area contributed by atoms with E-state index in [-0.39, 0.29) is 6.10 Å². The van der Waals surface area contributed by atoms with Crippen LogP contribution in [0.3, 0.4) is 0 Å². The van der Waals surface area contributed by atoms with Crippen LogP contribution in [0.2, 0.25) is 0 Å². The zero-order chi connectivity index (χ0) is 11.4. The minimum absolute atomic E-state index is 0.221. The number of carboxylic acid groups (broad SMARTS) is 1. The molecule has 4 nitrogen and oxygen atoms in total. The Hall–Kier alpha value is -1.81. The van der Waals surface area contributed by atoms with Crippen LogP contribution in [0.4, 0.5) is 0 Å². The van der Waals surface area contributed by atoms with Crippen molar-refractivity contribution in [2.45, 2.75) is 6.10 Å². The number of carbonyl (C=O) groups is 1. The molecule has 1 aliphatic heterocycles. The predicted molar refractivity (Wildman–Crippen MR) is 58.3 cm³/mol. The third kappa shape index (κ3) is 3.40. The lowest BCUT2D eigenvalue weighted by Gasteiger charge is -2.04. The first-order valence-corrected chi connectivity index (χ1v) is 4.99. The Morgan fingerprint density at radius 2 is 2.44 bits per heavy atom. The fourth-order valence-electron chi connectivity index (χ4n) is 1.23. The van der Waals surface area contributed by atoms with E-state index in [4.69, 9.17) is 14.6 Å². The molecule has 2 rings (SSSR count). The van der Waals surface area contributed by atoms with Gasteiger partial charge in [0.2, 0.25) is 0 Å². The van der Waals surface area contributed by atoms with Gasteiger partial charge in [-0.3, -0.25) is 0 Å². The lowest BCUT2D eigenvalue weighted by molar-refractivity contribution is -0.131. The second kappa shape index (κ2) is 4.81. The molecule has 0 amide bonds. The van der Waals surface area contributed by atoms with Crippen LogP contribution in [0, 0.1) is 0 Å². The first-order chi connectivity index (χ1) is 7.74. The van der Waals surface area contributed by atoms with Gasteiger partial charge in [-0.05, 0) is 23.8 Å². The monoisotopic (exact) mass is 220 g/mol. The van der Waals surface area contributed by atoms with Crippen molar-refractivity contribution in [1.82, 2.24) is 0 Å². The van der Waals surface area contributed by atoms with E-state index >= 15 is 0 Å². The molecular formula is C12H12O4. The Balaban J connectivity index is 1.97. The van der Waals surface area contributed by atoms with Gasteiger partial charge in [-0.2, -0.15) is 0 Å². The minimum Gasteiger partial charge on any atom is -0.491 e. The summed E-state index contributed by atoms with van der Waals surface area (Å²) in [5, 5.41) is 8.49. The molecule has 1 aromatic carbocycles. The molecule has 0 bridgehead atoms. The van der Waals surface area contributed by atoms with Crippen molar-refractivity contribution < 1.29 is 19.4 Å². The molecule has 0 saturated carbocycles. The average molecular weight is 220 g/mol. The van der Waals surface area contributed by atoms with Gasteiger partial charge in [0.15, 0.2) is 0 Å². The minimum atomic E-state index is -0.960. The summed E-state index contributed by atoms with van der Waals surface area (Å²) in [6.45, 7) is 1.31. The van der Waals surface area contributed by atoms with E-state index in [0.717, 1.165) is 24.0 Å². The largest absolute Gasteiger partial charge is 0.491 e. The Labute approximate surface area is 93.1 Å². The summed E-state index contributed by atoms with van der Waals surface area (Å²) in [4.78, 5) is 10.3. The van der Waals surface area contributed by atoms with Crippen LogP contribution in [-0.4, -0.2) is 30.4 Å². The van der Waals surface area contributed by atoms with Gasteiger partial charge in [-0.15, -0.1) is 0 Å². The van der Waals surface area contributed by atoms with Crippen LogP contribution in [0.5, 0.6) is 5.75 Å². The lowest BCUT2D eigenvalue weighted by Crippen LogP contribution is -2.03. The molecular weight excluding hydrogens is 208 g/mol. The molecule has 16 heavy (non-hydrogen) atoms. The molecule has 84 valence electrons. The summed E-state index contributed by atoms with van der Waals surface area (Å²) in [5.41, 5.74) is 0.802. The van der Waals surface area contributed by atoms with Crippen LogP contribution in [0.15, 0.2) is 30.3 Å². The summed E-state index contributed by atoms with van der Waals surface area (Å²) < 4.78 is 10.5. The summed E-state index contributed by atoms with van der Waals surface area (Å²) in [5.74, 6) is -0.235. The number of ether oxygens (including phenoxy) is 2. The Morgan fingerprint density at radius 1 is 1.62 bits per heavy atom. The number of hydrogen-bond donors (Lipinski definition) is 1. The maximum atomic E-state index is 10.3. The zero-order valence-electron chi connectivity index (χ0n) is 8.63. The molecule has 1 heterocycles. The molecule has 1 aliphatic rings. The second-order valence-electron chi connectivity index (χ2n) is 3.51. The molecule has 1 saturated heterocycles. The van der Waals surface area contributed by atoms with Crippen molar-refractivity contribution in [1.29, 1.82) is 0 Å². The van der Waals surface area contributed by atoms with E-state index in [1.54, 1.807) is 6.07 Å². The Kier molecular flexibility index (Phi) is 3.22. The average Bonchev–Trinajstić information content (AvgIpc) is 3.08. The van der Waals surface area contributed by atoms with Crippen molar-refractivity contribution in [3.63, 3.8) is 0 Å². The summed E-state index contributed by atoms with van der Waals surface area (Å²) >= 11 is 0. The zero-order valence-corrected chi connectivity index (χ0v) is 8.63. The van der Waals surface area contributed by atoms with E-state index in [1.165, 1.54) is 6.08 Å². The van der Waals surface area contributed by atoms with Crippen molar-refractivity contribution in [3.8, 4) is 5.75 Å². The number of aliphatic carboxylic acids is 1. The number of carboxylic acids is 1. The van der Waals surface area contributed by atoms with Gasteiger partial charge < -0.3 is 14.6 Å². The summed E-state index contributed by atoms with van der Waals surface area (Å²) in [7, 11) is 0. The Morgan fingerprint density at radius 3 is 3.12 bits per heavy atom. The van der Waals surface area contributed by atoms with E-state index < -0.39 is 5.97 Å². The maximum absolute atomic E-state index is 10.3. The van der Waals surface area contributed by atoms with Gasteiger partial charge in [0.1, 0.15) is 18.5 Å². The van der Waals surface area contributed by atoms with E-state index in [1.807, 2.05) is 18.2 Å². The van der Waals surface area contributed by atoms with E-state index in [2.05, 4.69) is 0 Å². The third-order valence-corrected chi connectivity index (χ3v) is 2.11. The van der Waals surface area contributed by atoms with Gasteiger partial charge in [-0.1, -0.05) is 12.1 Å². The SMILES string of the molecule is O=C(O)C=Cc1cccc(OCC2CO2)c1. The van der Waals surface area contributed by atoms with Crippen molar-refractivity contribution in [3.05, 3.63) is 35.9 Å². The molecule has 1 aromatic rings. The maximum Gasteiger partial charge on any atom is 0.328 e. The molecule has 1 unspecified atom stereocenters. The quantitative estimate of drug-likeness (QED) is 0.604. The molecule has 1 N–H and O–H groups in total. The number of benzene rings is 1. The predicted octanol–water partition coefficient (Wildman–Crippen LogP) is 1.56. The van der Waals surface area contributed by atoms with Crippen LogP contribution < -0.4 is 4.74 Å². The van der Waals surface area contributed by atoms with Gasteiger partial charge in [0.05, 0.1) is 6.61 Å². The molecule has 4 heteroatoms. The van der Waals surface area contributed by atoms with Crippen molar-refractivity contribution >= 4 is 12.0 Å². The molecule has 0 aliphatic carbocycles. The lowest BCUT2D eigenvalue weighted by atomic mass is 10.2. The van der Waals surface area contributed by atoms with Crippen molar-refractivity contribution in [2.24, 2.45) is 0 Å². The first-order valence-electron chi connectivity index (χ1n) is 4.99. The number of epoxide rings is 1. The molecule has 0 aromatic heterocycles. The molecule has 1 atom stereocenters. The number of rotatable bonds is 5. The normalized spacial score (nSPS) is 18.6. The fourth-order valence-corrected chi connectivity index (χ4v) is 1.23. The smallest absolute Gasteiger partial charge is 0.328 e. The highest BCUT2D eigenvalue weighted by Crippen LogP contribution is 2.17. The first kappa shape index (κ1) is 10.7. The third-order valence-electron chi connectivity index (χ3n) is 2.11. The van der Waals surface area contributed by atoms with Gasteiger partial charge >= 0.3 is 5.97 Å². The molecule has 1 fully saturated rings. The van der Waals surface area contributed by atoms with Crippen LogP contribution >= 0.6 is 0 Å². The summed E-state index contributed by atoms with van der Waals surface area (Å²) in [6.07, 6.45) is 2.85. The van der Waals surface area contributed by atoms with Crippen LogP contribution in [-0.2, 0) is 9.53 Å². The summed E-state index contributed by atoms with van der Waals surface area (Å²) in [6, 6.07) is 7.27. The topological polar surface area (TPSA) is 59.1 Å². The van der Waals surface area contributed by atoms with Crippen molar-refractivity contribution in [2.75, 3.05) is 13.2 Å². The van der Waals surface area contributed by atoms with E-state index in [0.29, 0.717) is 6.61 Å². The van der Waals surface area contributed by atoms with Gasteiger partial charge in [0, 0.05) is 6.08 Å². The number of hydrogen-bond acceptors (Lipinski definition) is 3. The second-order valence-corrected chi connectivity index (χ2v) is 3.51. The highest BCUT2D eigenvalue weighted by Gasteiger charge is 2.22. The van der Waals surface area contributed by atoms with Gasteiger partial charge in [-0.25, -0.2) is 4.79 Å². The molecule has 0 radical (unpaired) electrons.